The molecule has 6 heteroatoms. The number of nitrogens with zero attached hydrogens (tertiary/aromatic N) is 4. The van der Waals surface area contributed by atoms with Gasteiger partial charge in [0.05, 0.1) is 11.3 Å². The average Bonchev–Trinajstić information content (AvgIpc) is 3.28. The van der Waals surface area contributed by atoms with Crippen molar-refractivity contribution in [1.29, 1.82) is 0 Å². The highest BCUT2D eigenvalue weighted by atomic mass is 16.5. The average molecular weight is 310 g/mol. The Bertz CT molecular complexity index is 831. The summed E-state index contributed by atoms with van der Waals surface area (Å²) in [6.45, 7) is 5.81. The number of anilines is 1. The van der Waals surface area contributed by atoms with Crippen LogP contribution in [0.1, 0.15) is 24.3 Å². The number of aromatic nitrogens is 3. The second-order valence-electron chi connectivity index (χ2n) is 5.87. The Labute approximate surface area is 134 Å². The van der Waals surface area contributed by atoms with E-state index in [1.165, 1.54) is 12.8 Å². The van der Waals surface area contributed by atoms with Gasteiger partial charge in [0.15, 0.2) is 11.5 Å². The molecule has 1 fully saturated rings. The quantitative estimate of drug-likeness (QED) is 0.736. The highest BCUT2D eigenvalue weighted by Crippen LogP contribution is 2.33. The Morgan fingerprint density at radius 1 is 1.09 bits per heavy atom. The van der Waals surface area contributed by atoms with Crippen molar-refractivity contribution in [2.24, 2.45) is 0 Å². The summed E-state index contributed by atoms with van der Waals surface area (Å²) in [5, 5.41) is 3.96. The maximum absolute atomic E-state index is 5.79. The Morgan fingerprint density at radius 2 is 1.91 bits per heavy atom. The molecule has 0 saturated carbocycles. The van der Waals surface area contributed by atoms with Gasteiger partial charge in [-0.15, -0.1) is 0 Å². The largest absolute Gasteiger partial charge is 0.460 e. The predicted octanol–water partition coefficient (Wildman–Crippen LogP) is 3.61. The molecule has 0 N–H and O–H groups in total. The van der Waals surface area contributed by atoms with Crippen LogP contribution in [0.15, 0.2) is 33.3 Å². The zero-order valence-corrected chi connectivity index (χ0v) is 13.2. The molecule has 0 aromatic carbocycles. The first-order chi connectivity index (χ1) is 11.2. The lowest BCUT2D eigenvalue weighted by atomic mass is 10.1. The van der Waals surface area contributed by atoms with Gasteiger partial charge >= 0.3 is 0 Å². The molecule has 23 heavy (non-hydrogen) atoms. The third-order valence-corrected chi connectivity index (χ3v) is 4.03. The lowest BCUT2D eigenvalue weighted by Crippen LogP contribution is -2.20. The maximum atomic E-state index is 5.79. The van der Waals surface area contributed by atoms with Crippen molar-refractivity contribution >= 4 is 5.95 Å². The first-order valence-corrected chi connectivity index (χ1v) is 7.83. The fourth-order valence-corrected chi connectivity index (χ4v) is 2.86. The van der Waals surface area contributed by atoms with Crippen molar-refractivity contribution in [1.82, 2.24) is 15.1 Å². The minimum absolute atomic E-state index is 0.652. The monoisotopic (exact) mass is 310 g/mol. The van der Waals surface area contributed by atoms with Crippen LogP contribution < -0.4 is 4.90 Å². The second-order valence-corrected chi connectivity index (χ2v) is 5.87. The maximum Gasteiger partial charge on any atom is 0.226 e. The van der Waals surface area contributed by atoms with Crippen molar-refractivity contribution in [2.75, 3.05) is 18.0 Å². The second kappa shape index (κ2) is 5.53. The van der Waals surface area contributed by atoms with Crippen LogP contribution in [-0.2, 0) is 0 Å². The summed E-state index contributed by atoms with van der Waals surface area (Å²) in [4.78, 5) is 11.5. The number of aryl methyl sites for hydroxylation is 2. The van der Waals surface area contributed by atoms with E-state index in [4.69, 9.17) is 13.9 Å². The van der Waals surface area contributed by atoms with E-state index in [1.54, 1.807) is 6.20 Å². The molecule has 1 saturated heterocycles. The fourth-order valence-electron chi connectivity index (χ4n) is 2.86. The molecule has 3 aromatic rings. The van der Waals surface area contributed by atoms with Crippen molar-refractivity contribution in [3.63, 3.8) is 0 Å². The molecule has 1 aliphatic heterocycles. The molecule has 0 bridgehead atoms. The van der Waals surface area contributed by atoms with Crippen LogP contribution in [0.25, 0.3) is 22.8 Å². The molecule has 118 valence electrons. The number of hydrogen-bond acceptors (Lipinski definition) is 6. The van der Waals surface area contributed by atoms with Crippen molar-refractivity contribution in [3.8, 4) is 22.8 Å². The van der Waals surface area contributed by atoms with Gasteiger partial charge in [-0.3, -0.25) is 0 Å². The molecule has 0 spiro atoms. The minimum atomic E-state index is 0.652. The van der Waals surface area contributed by atoms with Crippen LogP contribution in [0.5, 0.6) is 0 Å². The predicted molar refractivity (Wildman–Crippen MR) is 86.2 cm³/mol. The van der Waals surface area contributed by atoms with Gasteiger partial charge in [-0.05, 0) is 38.8 Å². The molecular formula is C17H18N4O2. The summed E-state index contributed by atoms with van der Waals surface area (Å²) in [6, 6.07) is 5.74. The van der Waals surface area contributed by atoms with Crippen LogP contribution in [0.3, 0.4) is 0 Å². The number of hydrogen-bond donors (Lipinski definition) is 0. The van der Waals surface area contributed by atoms with Crippen LogP contribution in [0, 0.1) is 13.8 Å². The van der Waals surface area contributed by atoms with Gasteiger partial charge < -0.3 is 13.8 Å². The minimum Gasteiger partial charge on any atom is -0.460 e. The smallest absolute Gasteiger partial charge is 0.226 e. The summed E-state index contributed by atoms with van der Waals surface area (Å²) in [5.41, 5.74) is 2.36. The summed E-state index contributed by atoms with van der Waals surface area (Å²) in [5.74, 6) is 2.96. The van der Waals surface area contributed by atoms with Crippen LogP contribution >= 0.6 is 0 Å². The van der Waals surface area contributed by atoms with Gasteiger partial charge in [0.2, 0.25) is 5.95 Å². The van der Waals surface area contributed by atoms with E-state index < -0.39 is 0 Å². The molecular weight excluding hydrogens is 292 g/mol. The van der Waals surface area contributed by atoms with E-state index in [-0.39, 0.29) is 0 Å². The van der Waals surface area contributed by atoms with Gasteiger partial charge in [0.1, 0.15) is 11.5 Å². The molecule has 0 amide bonds. The SMILES string of the molecule is Cc1cc(-c2cnc(N3CCCC3)nc2-c2ccc(C)o2)on1. The van der Waals surface area contributed by atoms with E-state index in [2.05, 4.69) is 15.0 Å². The van der Waals surface area contributed by atoms with Crippen LogP contribution in [-0.4, -0.2) is 28.2 Å². The first kappa shape index (κ1) is 14.0. The van der Waals surface area contributed by atoms with E-state index in [9.17, 15) is 0 Å². The molecule has 3 aromatic heterocycles. The van der Waals surface area contributed by atoms with Gasteiger partial charge in [-0.2, -0.15) is 0 Å². The lowest BCUT2D eigenvalue weighted by molar-refractivity contribution is 0.426. The molecule has 0 radical (unpaired) electrons. The van der Waals surface area contributed by atoms with E-state index >= 15 is 0 Å². The first-order valence-electron chi connectivity index (χ1n) is 7.83. The lowest BCUT2D eigenvalue weighted by Gasteiger charge is -2.16. The Balaban J connectivity index is 1.84. The van der Waals surface area contributed by atoms with Crippen molar-refractivity contribution in [3.05, 3.63) is 35.9 Å². The highest BCUT2D eigenvalue weighted by Gasteiger charge is 2.21. The molecule has 1 aliphatic rings. The molecule has 0 aliphatic carbocycles. The third-order valence-electron chi connectivity index (χ3n) is 4.03. The topological polar surface area (TPSA) is 68.2 Å². The number of rotatable bonds is 3. The van der Waals surface area contributed by atoms with Crippen molar-refractivity contribution < 1.29 is 8.94 Å². The number of furan rings is 1. The van der Waals surface area contributed by atoms with E-state index in [0.717, 1.165) is 47.5 Å². The van der Waals surface area contributed by atoms with Crippen LogP contribution in [0.2, 0.25) is 0 Å². The molecule has 0 unspecified atom stereocenters. The summed E-state index contributed by atoms with van der Waals surface area (Å²) >= 11 is 0. The summed E-state index contributed by atoms with van der Waals surface area (Å²) in [6.07, 6.45) is 4.16. The normalized spacial score (nSPS) is 14.6. The van der Waals surface area contributed by atoms with Gasteiger partial charge in [0, 0.05) is 25.4 Å². The van der Waals surface area contributed by atoms with Crippen LogP contribution in [0.4, 0.5) is 5.95 Å². The van der Waals surface area contributed by atoms with Gasteiger partial charge in [0.25, 0.3) is 0 Å². The summed E-state index contributed by atoms with van der Waals surface area (Å²) in [7, 11) is 0. The Kier molecular flexibility index (Phi) is 3.37. The standard InChI is InChI=1S/C17H18N4O2/c1-11-9-15(23-20-11)13-10-18-17(21-7-3-4-8-21)19-16(13)14-6-5-12(2)22-14/h5-6,9-10H,3-4,7-8H2,1-2H3. The van der Waals surface area contributed by atoms with E-state index in [0.29, 0.717) is 5.76 Å². The van der Waals surface area contributed by atoms with Gasteiger partial charge in [-0.1, -0.05) is 5.16 Å². The Morgan fingerprint density at radius 3 is 2.57 bits per heavy atom. The zero-order valence-electron chi connectivity index (χ0n) is 13.2. The van der Waals surface area contributed by atoms with E-state index in [1.807, 2.05) is 32.0 Å². The Hall–Kier alpha value is -2.63. The summed E-state index contributed by atoms with van der Waals surface area (Å²) < 4.78 is 11.2. The molecule has 0 atom stereocenters. The fraction of sp³-hybridized carbons (Fsp3) is 0.353. The molecule has 6 nitrogen and oxygen atoms in total. The zero-order chi connectivity index (χ0) is 15.8. The third kappa shape index (κ3) is 2.60. The molecule has 4 rings (SSSR count). The molecule has 4 heterocycles. The van der Waals surface area contributed by atoms with Gasteiger partial charge in [-0.25, -0.2) is 9.97 Å². The van der Waals surface area contributed by atoms with Crippen molar-refractivity contribution in [2.45, 2.75) is 26.7 Å². The highest BCUT2D eigenvalue weighted by molar-refractivity contribution is 5.76.